The Bertz CT molecular complexity index is 987. The molecule has 0 saturated heterocycles. The van der Waals surface area contributed by atoms with Crippen LogP contribution in [0.1, 0.15) is 29.3 Å². The van der Waals surface area contributed by atoms with Gasteiger partial charge in [0.25, 0.3) is 0 Å². The molecule has 1 aliphatic heterocycles. The zero-order chi connectivity index (χ0) is 16.8. The van der Waals surface area contributed by atoms with Crippen LogP contribution in [0.15, 0.2) is 30.3 Å². The summed E-state index contributed by atoms with van der Waals surface area (Å²) in [6, 6.07) is 9.74. The number of carbonyl (C=O) groups excluding carboxylic acids is 2. The van der Waals surface area contributed by atoms with Gasteiger partial charge in [0.05, 0.1) is 23.9 Å². The van der Waals surface area contributed by atoms with Crippen LogP contribution >= 0.6 is 0 Å². The number of nitrogens with one attached hydrogen (secondary N) is 1. The van der Waals surface area contributed by atoms with Crippen molar-refractivity contribution in [2.75, 3.05) is 18.6 Å². The molecule has 0 atom stereocenters. The maximum absolute atomic E-state index is 12.4. The molecule has 1 N–H and O–H groups in total. The maximum Gasteiger partial charge on any atom is 0.338 e. The predicted molar refractivity (Wildman–Crippen MR) is 93.5 cm³/mol. The molecule has 0 spiro atoms. The van der Waals surface area contributed by atoms with Crippen molar-refractivity contribution in [3.8, 4) is 0 Å². The molecule has 0 saturated carbocycles. The molecule has 0 bridgehead atoms. The first-order valence-corrected chi connectivity index (χ1v) is 8.04. The van der Waals surface area contributed by atoms with Gasteiger partial charge in [-0.2, -0.15) is 0 Å². The van der Waals surface area contributed by atoms with Crippen LogP contribution in [0.4, 0.5) is 5.69 Å². The maximum atomic E-state index is 12.4. The highest BCUT2D eigenvalue weighted by molar-refractivity contribution is 6.21. The van der Waals surface area contributed by atoms with Crippen LogP contribution in [0, 0.1) is 0 Å². The molecular formula is C19H18N2O3. The second-order valence-corrected chi connectivity index (χ2v) is 6.12. The van der Waals surface area contributed by atoms with Gasteiger partial charge in [-0.3, -0.25) is 4.79 Å². The second kappa shape index (κ2) is 5.37. The van der Waals surface area contributed by atoms with Gasteiger partial charge in [-0.05, 0) is 30.5 Å². The van der Waals surface area contributed by atoms with E-state index in [1.807, 2.05) is 30.3 Å². The molecule has 4 rings (SSSR count). The van der Waals surface area contributed by atoms with E-state index in [4.69, 9.17) is 4.74 Å². The van der Waals surface area contributed by atoms with E-state index in [-0.39, 0.29) is 11.9 Å². The van der Waals surface area contributed by atoms with E-state index in [0.29, 0.717) is 12.1 Å². The number of H-pyrrole nitrogens is 1. The number of esters is 1. The largest absolute Gasteiger partial charge is 0.465 e. The monoisotopic (exact) mass is 322 g/mol. The van der Waals surface area contributed by atoms with Crippen LogP contribution in [0.5, 0.6) is 0 Å². The Morgan fingerprint density at radius 3 is 2.79 bits per heavy atom. The van der Waals surface area contributed by atoms with Gasteiger partial charge in [0.1, 0.15) is 0 Å². The summed E-state index contributed by atoms with van der Waals surface area (Å²) in [5.41, 5.74) is 4.24. The van der Waals surface area contributed by atoms with Gasteiger partial charge in [-0.25, -0.2) is 4.79 Å². The number of hydrogen-bond donors (Lipinski definition) is 1. The lowest BCUT2D eigenvalue weighted by Gasteiger charge is -2.29. The summed E-state index contributed by atoms with van der Waals surface area (Å²) >= 11 is 0. The third kappa shape index (κ3) is 2.01. The number of nitrogens with zero attached hydrogens (tertiary/aromatic N) is 1. The number of anilines is 1. The summed E-state index contributed by atoms with van der Waals surface area (Å²) in [5.74, 6) is -0.339. The molecule has 5 nitrogen and oxygen atoms in total. The summed E-state index contributed by atoms with van der Waals surface area (Å²) in [7, 11) is 1.39. The van der Waals surface area contributed by atoms with Crippen molar-refractivity contribution in [2.45, 2.75) is 19.8 Å². The molecule has 3 aromatic rings. The molecule has 5 heteroatoms. The summed E-state index contributed by atoms with van der Waals surface area (Å²) in [4.78, 5) is 29.7. The van der Waals surface area contributed by atoms with Crippen LogP contribution in [0.3, 0.4) is 0 Å². The highest BCUT2D eigenvalue weighted by atomic mass is 16.5. The lowest BCUT2D eigenvalue weighted by Crippen LogP contribution is -2.34. The molecule has 2 heterocycles. The van der Waals surface area contributed by atoms with E-state index in [2.05, 4.69) is 4.98 Å². The fourth-order valence-corrected chi connectivity index (χ4v) is 3.70. The number of amides is 1. The number of fused-ring (bicyclic) bond motifs is 5. The normalized spacial score (nSPS) is 14.0. The number of aryl methyl sites for hydroxylation is 1. The molecular weight excluding hydrogens is 304 g/mol. The van der Waals surface area contributed by atoms with Gasteiger partial charge in [-0.1, -0.05) is 18.2 Å². The van der Waals surface area contributed by atoms with Crippen molar-refractivity contribution in [2.24, 2.45) is 0 Å². The van der Waals surface area contributed by atoms with Crippen molar-refractivity contribution in [3.05, 3.63) is 41.5 Å². The quantitative estimate of drug-likeness (QED) is 0.698. The van der Waals surface area contributed by atoms with Gasteiger partial charge >= 0.3 is 5.97 Å². The summed E-state index contributed by atoms with van der Waals surface area (Å²) in [6.45, 7) is 2.28. The molecule has 0 radical (unpaired) electrons. The average Bonchev–Trinajstić information content (AvgIpc) is 2.99. The first-order chi connectivity index (χ1) is 11.6. The molecule has 0 unspecified atom stereocenters. The molecule has 0 fully saturated rings. The Morgan fingerprint density at radius 1 is 1.25 bits per heavy atom. The molecule has 1 aromatic heterocycles. The van der Waals surface area contributed by atoms with Crippen LogP contribution < -0.4 is 4.90 Å². The van der Waals surface area contributed by atoms with Crippen molar-refractivity contribution >= 4 is 39.4 Å². The fraction of sp³-hybridized carbons (Fsp3) is 0.263. The SMILES string of the molecule is COC(=O)c1cc2c(c3[nH]c4ccccc4c13)N(C(C)=O)CCC2. The summed E-state index contributed by atoms with van der Waals surface area (Å²) in [6.07, 6.45) is 1.73. The van der Waals surface area contributed by atoms with Gasteiger partial charge in [0.15, 0.2) is 0 Å². The zero-order valence-electron chi connectivity index (χ0n) is 13.7. The van der Waals surface area contributed by atoms with Crippen molar-refractivity contribution < 1.29 is 14.3 Å². The smallest absolute Gasteiger partial charge is 0.338 e. The predicted octanol–water partition coefficient (Wildman–Crippen LogP) is 3.41. The minimum Gasteiger partial charge on any atom is -0.465 e. The summed E-state index contributed by atoms with van der Waals surface area (Å²) in [5, 5.41) is 1.79. The first kappa shape index (κ1) is 14.8. The fourth-order valence-electron chi connectivity index (χ4n) is 3.70. The molecule has 1 amide bonds. The number of aromatic nitrogens is 1. The molecule has 1 aliphatic rings. The van der Waals surface area contributed by atoms with Crippen molar-refractivity contribution in [1.29, 1.82) is 0 Å². The zero-order valence-corrected chi connectivity index (χ0v) is 13.7. The van der Waals surface area contributed by atoms with Gasteiger partial charge in [-0.15, -0.1) is 0 Å². The van der Waals surface area contributed by atoms with Gasteiger partial charge in [0, 0.05) is 29.8 Å². The summed E-state index contributed by atoms with van der Waals surface area (Å²) < 4.78 is 4.99. The van der Waals surface area contributed by atoms with E-state index >= 15 is 0 Å². The number of carbonyl (C=O) groups is 2. The number of rotatable bonds is 1. The van der Waals surface area contributed by atoms with Gasteiger partial charge in [0.2, 0.25) is 5.91 Å². The Hall–Kier alpha value is -2.82. The Balaban J connectivity index is 2.17. The van der Waals surface area contributed by atoms with E-state index in [1.54, 1.807) is 11.8 Å². The number of benzene rings is 2. The Morgan fingerprint density at radius 2 is 2.04 bits per heavy atom. The number of methoxy groups -OCH3 is 1. The lowest BCUT2D eigenvalue weighted by molar-refractivity contribution is -0.116. The molecule has 0 aliphatic carbocycles. The number of hydrogen-bond acceptors (Lipinski definition) is 3. The van der Waals surface area contributed by atoms with E-state index in [0.717, 1.165) is 45.9 Å². The molecule has 24 heavy (non-hydrogen) atoms. The first-order valence-electron chi connectivity index (χ1n) is 8.04. The van der Waals surface area contributed by atoms with Crippen LogP contribution in [0.2, 0.25) is 0 Å². The Labute approximate surface area is 139 Å². The highest BCUT2D eigenvalue weighted by Gasteiger charge is 2.27. The number of ether oxygens (including phenoxy) is 1. The lowest BCUT2D eigenvalue weighted by atomic mass is 9.95. The average molecular weight is 322 g/mol. The van der Waals surface area contributed by atoms with Crippen molar-refractivity contribution in [1.82, 2.24) is 4.98 Å². The Kier molecular flexibility index (Phi) is 3.30. The topological polar surface area (TPSA) is 62.4 Å². The van der Waals surface area contributed by atoms with Crippen LogP contribution in [0.25, 0.3) is 21.8 Å². The second-order valence-electron chi connectivity index (χ2n) is 6.12. The molecule has 122 valence electrons. The number of aromatic amines is 1. The molecule has 2 aromatic carbocycles. The number of para-hydroxylation sites is 1. The van der Waals surface area contributed by atoms with Crippen molar-refractivity contribution in [3.63, 3.8) is 0 Å². The van der Waals surface area contributed by atoms with Crippen LogP contribution in [-0.2, 0) is 16.0 Å². The third-order valence-electron chi connectivity index (χ3n) is 4.72. The van der Waals surface area contributed by atoms with E-state index in [9.17, 15) is 9.59 Å². The van der Waals surface area contributed by atoms with Crippen LogP contribution in [-0.4, -0.2) is 30.5 Å². The minimum atomic E-state index is -0.354. The van der Waals surface area contributed by atoms with E-state index in [1.165, 1.54) is 7.11 Å². The van der Waals surface area contributed by atoms with Gasteiger partial charge < -0.3 is 14.6 Å². The third-order valence-corrected chi connectivity index (χ3v) is 4.72. The minimum absolute atomic E-state index is 0.0155. The van der Waals surface area contributed by atoms with E-state index < -0.39 is 0 Å². The standard InChI is InChI=1S/C19H18N2O3/c1-11(22)21-9-5-6-12-10-14(19(23)24-2)16-13-7-3-4-8-15(13)20-17(16)18(12)21/h3-4,7-8,10,20H,5-6,9H2,1-2H3. The highest BCUT2D eigenvalue weighted by Crippen LogP contribution is 2.40.